The Balaban J connectivity index is 1.21. The van der Waals surface area contributed by atoms with E-state index in [0.29, 0.717) is 11.4 Å². The van der Waals surface area contributed by atoms with Gasteiger partial charge in [0.25, 0.3) is 5.91 Å². The van der Waals surface area contributed by atoms with Gasteiger partial charge >= 0.3 is 6.18 Å². The van der Waals surface area contributed by atoms with E-state index in [0.717, 1.165) is 12.8 Å². The molecular formula is C29H30F5N9O5. The van der Waals surface area contributed by atoms with Gasteiger partial charge in [0, 0.05) is 18.8 Å². The molecule has 48 heavy (non-hydrogen) atoms. The first-order valence-corrected chi connectivity index (χ1v) is 15.4. The molecule has 2 saturated carbocycles. The standard InChI is InChI=1S/C29H30F5N9O5/c1-13-20(40-47-39-13)24(44)27(10-18(29(32,33)34)37-26(27)46)9-14-8-19-36-17(12-43(19)35-11-14)21(16-4-6-28(30,31)7-5-16)38-25(45)23-22(15-2-3-15)41-48-42-23/h8,11-12,15-16,18,21,24,44H,2-7,9-10H2,1H3,(H,37,46)(H,38,45)/t18-,21-,24-,27-/m0/s1. The lowest BCUT2D eigenvalue weighted by atomic mass is 9.73. The first-order chi connectivity index (χ1) is 22.7. The Kier molecular flexibility index (Phi) is 7.71. The summed E-state index contributed by atoms with van der Waals surface area (Å²) in [5, 5.41) is 35.3. The Labute approximate surface area is 267 Å². The number of hydrogen-bond donors (Lipinski definition) is 3. The molecule has 19 heteroatoms. The molecule has 1 aliphatic heterocycles. The van der Waals surface area contributed by atoms with E-state index in [-0.39, 0.29) is 66.3 Å². The smallest absolute Gasteiger partial charge is 0.385 e. The van der Waals surface area contributed by atoms with Crippen LogP contribution in [0.1, 0.15) is 102 Å². The van der Waals surface area contributed by atoms with Crippen molar-refractivity contribution in [2.24, 2.45) is 11.3 Å². The van der Waals surface area contributed by atoms with Crippen LogP contribution >= 0.6 is 0 Å². The van der Waals surface area contributed by atoms with Gasteiger partial charge in [-0.25, -0.2) is 27.5 Å². The molecule has 1 saturated heterocycles. The largest absolute Gasteiger partial charge is 0.408 e. The Morgan fingerprint density at radius 3 is 2.52 bits per heavy atom. The normalized spacial score (nSPS) is 24.5. The molecule has 7 rings (SSSR count). The van der Waals surface area contributed by atoms with Gasteiger partial charge in [0.2, 0.25) is 11.8 Å². The number of carbonyl (C=O) groups is 2. The lowest BCUT2D eigenvalue weighted by Crippen LogP contribution is -2.40. The van der Waals surface area contributed by atoms with E-state index in [1.165, 1.54) is 29.9 Å². The van der Waals surface area contributed by atoms with Gasteiger partial charge in [0.1, 0.15) is 29.2 Å². The van der Waals surface area contributed by atoms with Gasteiger partial charge in [-0.15, -0.1) is 0 Å². The molecule has 3 N–H and O–H groups in total. The van der Waals surface area contributed by atoms with E-state index in [1.54, 1.807) is 0 Å². The molecule has 3 fully saturated rings. The fourth-order valence-electron chi connectivity index (χ4n) is 6.80. The number of halogens is 5. The maximum absolute atomic E-state index is 14.1. The lowest BCUT2D eigenvalue weighted by molar-refractivity contribution is -0.155. The van der Waals surface area contributed by atoms with Crippen molar-refractivity contribution in [2.75, 3.05) is 0 Å². The predicted molar refractivity (Wildman–Crippen MR) is 149 cm³/mol. The molecule has 256 valence electrons. The van der Waals surface area contributed by atoms with Crippen LogP contribution in [-0.4, -0.2) is 70.3 Å². The molecule has 0 bridgehead atoms. The number of hydrogen-bond acceptors (Lipinski definition) is 11. The second kappa shape index (κ2) is 11.6. The molecule has 4 aromatic heterocycles. The fourth-order valence-corrected chi connectivity index (χ4v) is 6.80. The van der Waals surface area contributed by atoms with Crippen LogP contribution in [0.3, 0.4) is 0 Å². The number of nitrogens with one attached hydrogen (secondary N) is 2. The average molecular weight is 680 g/mol. The zero-order valence-electron chi connectivity index (χ0n) is 25.4. The fraction of sp³-hybridized carbons (Fsp3) is 0.586. The summed E-state index contributed by atoms with van der Waals surface area (Å²) in [6.45, 7) is 1.44. The van der Waals surface area contributed by atoms with E-state index in [9.17, 15) is 36.6 Å². The lowest BCUT2D eigenvalue weighted by Gasteiger charge is -2.33. The summed E-state index contributed by atoms with van der Waals surface area (Å²) in [5.74, 6) is -4.81. The van der Waals surface area contributed by atoms with Crippen LogP contribution in [0.15, 0.2) is 27.7 Å². The summed E-state index contributed by atoms with van der Waals surface area (Å²) >= 11 is 0. The Morgan fingerprint density at radius 2 is 1.88 bits per heavy atom. The number of aliphatic hydroxyl groups is 1. The topological polar surface area (TPSA) is 186 Å². The van der Waals surface area contributed by atoms with Crippen molar-refractivity contribution < 1.29 is 45.9 Å². The average Bonchev–Trinajstić information content (AvgIpc) is 3.36. The highest BCUT2D eigenvalue weighted by molar-refractivity contribution is 5.93. The number of aliphatic hydroxyl groups excluding tert-OH is 1. The summed E-state index contributed by atoms with van der Waals surface area (Å²) in [6, 6.07) is -1.55. The van der Waals surface area contributed by atoms with E-state index in [1.807, 2.05) is 5.32 Å². The van der Waals surface area contributed by atoms with Crippen molar-refractivity contribution in [1.29, 1.82) is 0 Å². The van der Waals surface area contributed by atoms with Crippen LogP contribution in [-0.2, 0) is 11.2 Å². The molecule has 5 heterocycles. The molecular weight excluding hydrogens is 649 g/mol. The summed E-state index contributed by atoms with van der Waals surface area (Å²) in [7, 11) is 0. The first-order valence-electron chi connectivity index (χ1n) is 15.4. The maximum Gasteiger partial charge on any atom is 0.408 e. The second-order valence-electron chi connectivity index (χ2n) is 13.0. The Bertz CT molecular complexity index is 1840. The summed E-state index contributed by atoms with van der Waals surface area (Å²) in [4.78, 5) is 31.3. The molecule has 4 atom stereocenters. The molecule has 0 aromatic carbocycles. The minimum atomic E-state index is -4.78. The van der Waals surface area contributed by atoms with Gasteiger partial charge in [0.15, 0.2) is 11.3 Å². The van der Waals surface area contributed by atoms with E-state index >= 15 is 0 Å². The number of rotatable bonds is 9. The Hall–Kier alpha value is -4.55. The van der Waals surface area contributed by atoms with E-state index in [2.05, 4.69) is 40.7 Å². The summed E-state index contributed by atoms with van der Waals surface area (Å²) < 4.78 is 80.4. The van der Waals surface area contributed by atoms with Gasteiger partial charge in [-0.1, -0.05) is 15.5 Å². The molecule has 2 aliphatic carbocycles. The van der Waals surface area contributed by atoms with E-state index in [4.69, 9.17) is 4.63 Å². The first kappa shape index (κ1) is 32.0. The van der Waals surface area contributed by atoms with Crippen molar-refractivity contribution in [3.8, 4) is 0 Å². The number of aryl methyl sites for hydroxylation is 1. The number of fused-ring (bicyclic) bond motifs is 1. The highest BCUT2D eigenvalue weighted by Gasteiger charge is 2.59. The number of alkyl halides is 5. The SMILES string of the molecule is Cc1nonc1[C@H](O)[C@]1(Cc2cnn3cc([C@@H](NC(=O)c4nonc4C4CC4)C4CCC(F)(F)CC4)nc3c2)C[C@@H](C(F)(F)F)NC1=O. The number of aromatic nitrogens is 7. The number of imidazole rings is 1. The second-order valence-corrected chi connectivity index (χ2v) is 13.0. The maximum atomic E-state index is 14.1. The van der Waals surface area contributed by atoms with Crippen molar-refractivity contribution in [2.45, 2.75) is 94.5 Å². The zero-order valence-corrected chi connectivity index (χ0v) is 25.4. The van der Waals surface area contributed by atoms with Gasteiger partial charge < -0.3 is 15.7 Å². The number of amides is 2. The predicted octanol–water partition coefficient (Wildman–Crippen LogP) is 3.69. The van der Waals surface area contributed by atoms with Crippen molar-refractivity contribution in [3.63, 3.8) is 0 Å². The monoisotopic (exact) mass is 679 g/mol. The molecule has 2 amide bonds. The molecule has 14 nitrogen and oxygen atoms in total. The molecule has 0 unspecified atom stereocenters. The van der Waals surface area contributed by atoms with Crippen molar-refractivity contribution >= 4 is 17.5 Å². The summed E-state index contributed by atoms with van der Waals surface area (Å²) in [5.41, 5.74) is -0.855. The third-order valence-corrected chi connectivity index (χ3v) is 9.64. The van der Waals surface area contributed by atoms with Crippen LogP contribution in [0.5, 0.6) is 0 Å². The van der Waals surface area contributed by atoms with Crippen LogP contribution in [0.4, 0.5) is 22.0 Å². The van der Waals surface area contributed by atoms with Crippen LogP contribution < -0.4 is 10.6 Å². The van der Waals surface area contributed by atoms with Gasteiger partial charge in [-0.05, 0) is 68.2 Å². The highest BCUT2D eigenvalue weighted by atomic mass is 19.4. The molecule has 0 radical (unpaired) electrons. The highest BCUT2D eigenvalue weighted by Crippen LogP contribution is 2.48. The number of nitrogens with zero attached hydrogens (tertiary/aromatic N) is 7. The Morgan fingerprint density at radius 1 is 1.15 bits per heavy atom. The minimum absolute atomic E-state index is 0.0150. The van der Waals surface area contributed by atoms with Crippen molar-refractivity contribution in [1.82, 2.24) is 45.9 Å². The molecule has 0 spiro atoms. The van der Waals surface area contributed by atoms with Crippen LogP contribution in [0, 0.1) is 18.3 Å². The quantitative estimate of drug-likeness (QED) is 0.219. The number of carbonyl (C=O) groups excluding carboxylic acids is 2. The third kappa shape index (κ3) is 5.87. The van der Waals surface area contributed by atoms with E-state index < -0.39 is 59.9 Å². The molecule has 3 aliphatic rings. The molecule has 4 aromatic rings. The van der Waals surface area contributed by atoms with Gasteiger partial charge in [0.05, 0.1) is 29.5 Å². The van der Waals surface area contributed by atoms with Crippen LogP contribution in [0.2, 0.25) is 0 Å². The minimum Gasteiger partial charge on any atom is -0.385 e. The van der Waals surface area contributed by atoms with Crippen molar-refractivity contribution in [3.05, 3.63) is 52.5 Å². The zero-order chi connectivity index (χ0) is 34.0. The van der Waals surface area contributed by atoms with Gasteiger partial charge in [-0.3, -0.25) is 9.59 Å². The summed E-state index contributed by atoms with van der Waals surface area (Å²) in [6.07, 6.45) is -3.79. The third-order valence-electron chi connectivity index (χ3n) is 9.64. The van der Waals surface area contributed by atoms with Crippen LogP contribution in [0.25, 0.3) is 5.65 Å². The van der Waals surface area contributed by atoms with Gasteiger partial charge in [-0.2, -0.15) is 18.3 Å².